The van der Waals surface area contributed by atoms with Crippen molar-refractivity contribution in [1.82, 2.24) is 0 Å². The van der Waals surface area contributed by atoms with E-state index >= 15 is 0 Å². The number of rotatable bonds is 2. The molecule has 0 spiro atoms. The summed E-state index contributed by atoms with van der Waals surface area (Å²) in [5, 5.41) is 8.61. The fourth-order valence-electron chi connectivity index (χ4n) is 1.46. The van der Waals surface area contributed by atoms with Crippen molar-refractivity contribution in [3.8, 4) is 6.07 Å². The van der Waals surface area contributed by atoms with Crippen LogP contribution in [0.5, 0.6) is 0 Å². The molecule has 0 aliphatic carbocycles. The minimum atomic E-state index is -0.906. The van der Waals surface area contributed by atoms with Crippen molar-refractivity contribution < 1.29 is 19.1 Å². The van der Waals surface area contributed by atoms with E-state index in [1.54, 1.807) is 13.8 Å². The van der Waals surface area contributed by atoms with Crippen LogP contribution in [0.15, 0.2) is 11.1 Å². The van der Waals surface area contributed by atoms with Gasteiger partial charge in [0.05, 0.1) is 19.6 Å². The molecule has 0 unspecified atom stereocenters. The van der Waals surface area contributed by atoms with E-state index in [0.29, 0.717) is 5.57 Å². The summed E-state index contributed by atoms with van der Waals surface area (Å²) in [6.45, 7) is 3.26. The van der Waals surface area contributed by atoms with E-state index in [2.05, 4.69) is 4.74 Å². The molecular formula is C10H11NO4. The van der Waals surface area contributed by atoms with Gasteiger partial charge in [-0.1, -0.05) is 0 Å². The highest BCUT2D eigenvalue weighted by Gasteiger charge is 2.43. The minimum absolute atomic E-state index is 0.0246. The molecule has 0 aromatic rings. The average molecular weight is 209 g/mol. The van der Waals surface area contributed by atoms with Crippen molar-refractivity contribution in [2.24, 2.45) is 0 Å². The molecule has 1 rings (SSSR count). The lowest BCUT2D eigenvalue weighted by Crippen LogP contribution is -2.22. The molecule has 0 saturated carbocycles. The second-order valence-corrected chi connectivity index (χ2v) is 3.58. The zero-order chi connectivity index (χ0) is 11.6. The maximum absolute atomic E-state index is 11.4. The zero-order valence-corrected chi connectivity index (χ0v) is 8.79. The molecule has 1 heterocycles. The predicted molar refractivity (Wildman–Crippen MR) is 49.4 cm³/mol. The lowest BCUT2D eigenvalue weighted by molar-refractivity contribution is -0.148. The zero-order valence-electron chi connectivity index (χ0n) is 8.79. The summed E-state index contributed by atoms with van der Waals surface area (Å²) < 4.78 is 9.45. The highest BCUT2D eigenvalue weighted by atomic mass is 16.6. The highest BCUT2D eigenvalue weighted by molar-refractivity contribution is 6.16. The standard InChI is InChI=1S/C10H11NO4/c1-10(2)6(4-5-11)7(8(12)14-3)9(13)15-10/h4H2,1-3H3. The normalized spacial score (nSPS) is 18.4. The SMILES string of the molecule is COC(=O)C1=C(CC#N)C(C)(C)OC1=O. The van der Waals surface area contributed by atoms with E-state index in [9.17, 15) is 9.59 Å². The van der Waals surface area contributed by atoms with Crippen molar-refractivity contribution in [3.05, 3.63) is 11.1 Å². The highest BCUT2D eigenvalue weighted by Crippen LogP contribution is 2.34. The van der Waals surface area contributed by atoms with Crippen LogP contribution in [0.3, 0.4) is 0 Å². The molecule has 0 N–H and O–H groups in total. The number of hydrogen-bond donors (Lipinski definition) is 0. The van der Waals surface area contributed by atoms with Crippen LogP contribution < -0.4 is 0 Å². The molecule has 5 nitrogen and oxygen atoms in total. The molecule has 1 aliphatic heterocycles. The van der Waals surface area contributed by atoms with Gasteiger partial charge in [0.2, 0.25) is 0 Å². The van der Waals surface area contributed by atoms with Gasteiger partial charge in [0.1, 0.15) is 11.2 Å². The van der Waals surface area contributed by atoms with Crippen LogP contribution >= 0.6 is 0 Å². The van der Waals surface area contributed by atoms with Gasteiger partial charge >= 0.3 is 11.9 Å². The number of ether oxygens (including phenoxy) is 2. The van der Waals surface area contributed by atoms with Gasteiger partial charge in [-0.2, -0.15) is 5.26 Å². The summed E-state index contributed by atoms with van der Waals surface area (Å²) in [6, 6.07) is 1.90. The Labute approximate surface area is 87.3 Å². The summed E-state index contributed by atoms with van der Waals surface area (Å²) in [7, 11) is 1.18. The molecule has 15 heavy (non-hydrogen) atoms. The maximum atomic E-state index is 11.4. The van der Waals surface area contributed by atoms with Crippen LogP contribution in [0.25, 0.3) is 0 Å². The van der Waals surface area contributed by atoms with E-state index < -0.39 is 17.5 Å². The Morgan fingerprint density at radius 2 is 2.20 bits per heavy atom. The van der Waals surface area contributed by atoms with Gasteiger partial charge in [0, 0.05) is 5.57 Å². The van der Waals surface area contributed by atoms with E-state index in [-0.39, 0.29) is 12.0 Å². The van der Waals surface area contributed by atoms with Crippen molar-refractivity contribution in [3.63, 3.8) is 0 Å². The van der Waals surface area contributed by atoms with Crippen molar-refractivity contribution in [1.29, 1.82) is 5.26 Å². The van der Waals surface area contributed by atoms with Gasteiger partial charge in [-0.15, -0.1) is 0 Å². The molecule has 0 radical (unpaired) electrons. The van der Waals surface area contributed by atoms with E-state index in [1.165, 1.54) is 7.11 Å². The Morgan fingerprint density at radius 1 is 1.60 bits per heavy atom. The van der Waals surface area contributed by atoms with Gasteiger partial charge in [0.15, 0.2) is 0 Å². The topological polar surface area (TPSA) is 76.4 Å². The lowest BCUT2D eigenvalue weighted by atomic mass is 9.93. The third kappa shape index (κ3) is 1.84. The molecule has 5 heteroatoms. The predicted octanol–water partition coefficient (Wildman–Crippen LogP) is 0.705. The molecular weight excluding hydrogens is 198 g/mol. The first-order valence-corrected chi connectivity index (χ1v) is 4.36. The first-order valence-electron chi connectivity index (χ1n) is 4.36. The number of nitriles is 1. The Kier molecular flexibility index (Phi) is 2.80. The van der Waals surface area contributed by atoms with Gasteiger partial charge in [-0.05, 0) is 13.8 Å². The van der Waals surface area contributed by atoms with Gasteiger partial charge in [0.25, 0.3) is 0 Å². The summed E-state index contributed by atoms with van der Waals surface area (Å²) in [5.74, 6) is -1.48. The smallest absolute Gasteiger partial charge is 0.346 e. The fourth-order valence-corrected chi connectivity index (χ4v) is 1.46. The molecule has 0 fully saturated rings. The summed E-state index contributed by atoms with van der Waals surface area (Å²) in [4.78, 5) is 22.7. The maximum Gasteiger partial charge on any atom is 0.346 e. The molecule has 1 aliphatic rings. The lowest BCUT2D eigenvalue weighted by Gasteiger charge is -2.19. The molecule has 0 aromatic carbocycles. The number of methoxy groups -OCH3 is 1. The van der Waals surface area contributed by atoms with E-state index in [4.69, 9.17) is 10.00 Å². The van der Waals surface area contributed by atoms with Gasteiger partial charge in [-0.25, -0.2) is 9.59 Å². The van der Waals surface area contributed by atoms with Crippen molar-refractivity contribution >= 4 is 11.9 Å². The first kappa shape index (κ1) is 11.2. The number of carbonyl (C=O) groups is 2. The third-order valence-electron chi connectivity index (χ3n) is 2.23. The Balaban J connectivity index is 3.24. The third-order valence-corrected chi connectivity index (χ3v) is 2.23. The Hall–Kier alpha value is -1.83. The number of hydrogen-bond acceptors (Lipinski definition) is 5. The van der Waals surface area contributed by atoms with Crippen LogP contribution in [-0.4, -0.2) is 24.6 Å². The molecule has 0 aromatic heterocycles. The monoisotopic (exact) mass is 209 g/mol. The van der Waals surface area contributed by atoms with Crippen LogP contribution in [0.4, 0.5) is 0 Å². The van der Waals surface area contributed by atoms with Crippen LogP contribution in [0, 0.1) is 11.3 Å². The summed E-state index contributed by atoms with van der Waals surface area (Å²) in [6.07, 6.45) is -0.0246. The second-order valence-electron chi connectivity index (χ2n) is 3.58. The molecule has 0 bridgehead atoms. The second kappa shape index (κ2) is 3.73. The minimum Gasteiger partial charge on any atom is -0.465 e. The number of cyclic esters (lactones) is 1. The quantitative estimate of drug-likeness (QED) is 0.494. The van der Waals surface area contributed by atoms with Crippen LogP contribution in [0.1, 0.15) is 20.3 Å². The molecule has 80 valence electrons. The van der Waals surface area contributed by atoms with Gasteiger partial charge in [-0.3, -0.25) is 0 Å². The fraction of sp³-hybridized carbons (Fsp3) is 0.500. The molecule has 0 atom stereocenters. The molecule has 0 amide bonds. The number of nitrogens with zero attached hydrogens (tertiary/aromatic N) is 1. The van der Waals surface area contributed by atoms with Crippen LogP contribution in [-0.2, 0) is 19.1 Å². The Morgan fingerprint density at radius 3 is 2.67 bits per heavy atom. The first-order chi connectivity index (χ1) is 6.94. The van der Waals surface area contributed by atoms with E-state index in [0.717, 1.165) is 0 Å². The Bertz CT molecular complexity index is 387. The largest absolute Gasteiger partial charge is 0.465 e. The van der Waals surface area contributed by atoms with Crippen molar-refractivity contribution in [2.75, 3.05) is 7.11 Å². The van der Waals surface area contributed by atoms with E-state index in [1.807, 2.05) is 6.07 Å². The average Bonchev–Trinajstić information content (AvgIpc) is 2.36. The van der Waals surface area contributed by atoms with Gasteiger partial charge < -0.3 is 9.47 Å². The summed E-state index contributed by atoms with van der Waals surface area (Å²) >= 11 is 0. The number of esters is 2. The van der Waals surface area contributed by atoms with Crippen LogP contribution in [0.2, 0.25) is 0 Å². The van der Waals surface area contributed by atoms with Crippen molar-refractivity contribution in [2.45, 2.75) is 25.9 Å². The molecule has 0 saturated heterocycles. The number of carbonyl (C=O) groups excluding carboxylic acids is 2. The summed E-state index contributed by atoms with van der Waals surface area (Å²) in [5.41, 5.74) is -0.679.